The summed E-state index contributed by atoms with van der Waals surface area (Å²) < 4.78 is 5.71. The van der Waals surface area contributed by atoms with Gasteiger partial charge in [-0.2, -0.15) is 0 Å². The average Bonchev–Trinajstić information content (AvgIpc) is 3.20. The lowest BCUT2D eigenvalue weighted by atomic mass is 10.0. The van der Waals surface area contributed by atoms with Gasteiger partial charge in [0.05, 0.1) is 11.3 Å². The van der Waals surface area contributed by atoms with Crippen molar-refractivity contribution in [3.8, 4) is 5.75 Å². The first-order chi connectivity index (χ1) is 14.8. The number of hydrogen-bond acceptors (Lipinski definition) is 6. The van der Waals surface area contributed by atoms with Gasteiger partial charge in [0.2, 0.25) is 0 Å². The number of aromatic hydroxyl groups is 1. The van der Waals surface area contributed by atoms with E-state index in [0.29, 0.717) is 18.5 Å². The SMILES string of the molecule is Oc1ccc2c(Cc3ccccc3)noc2c1CN1CCN(c2ccccn2)CC1. The Balaban J connectivity index is 1.33. The van der Waals surface area contributed by atoms with Crippen LogP contribution in [0.5, 0.6) is 5.75 Å². The minimum absolute atomic E-state index is 0.261. The Morgan fingerprint density at radius 1 is 0.900 bits per heavy atom. The monoisotopic (exact) mass is 400 g/mol. The van der Waals surface area contributed by atoms with Gasteiger partial charge in [-0.25, -0.2) is 4.98 Å². The van der Waals surface area contributed by atoms with Gasteiger partial charge in [0.25, 0.3) is 0 Å². The largest absolute Gasteiger partial charge is 0.507 e. The molecule has 2 aromatic heterocycles. The molecule has 4 aromatic rings. The Kier molecular flexibility index (Phi) is 5.07. The molecule has 0 aliphatic carbocycles. The number of phenolic OH excluding ortho intramolecular Hbond substituents is 1. The lowest BCUT2D eigenvalue weighted by molar-refractivity contribution is 0.245. The van der Waals surface area contributed by atoms with E-state index in [0.717, 1.165) is 48.6 Å². The zero-order valence-corrected chi connectivity index (χ0v) is 16.7. The van der Waals surface area contributed by atoms with E-state index in [2.05, 4.69) is 32.1 Å². The van der Waals surface area contributed by atoms with Gasteiger partial charge >= 0.3 is 0 Å². The molecule has 1 aliphatic heterocycles. The second kappa shape index (κ2) is 8.16. The van der Waals surface area contributed by atoms with Gasteiger partial charge in [0.1, 0.15) is 11.6 Å². The zero-order chi connectivity index (χ0) is 20.3. The van der Waals surface area contributed by atoms with Crippen LogP contribution in [0.25, 0.3) is 11.0 Å². The summed E-state index contributed by atoms with van der Waals surface area (Å²) in [5.41, 5.74) is 3.59. The van der Waals surface area contributed by atoms with E-state index in [1.54, 1.807) is 6.07 Å². The molecule has 6 heteroatoms. The van der Waals surface area contributed by atoms with Crippen molar-refractivity contribution in [2.45, 2.75) is 13.0 Å². The van der Waals surface area contributed by atoms with Gasteiger partial charge in [-0.15, -0.1) is 0 Å². The highest BCUT2D eigenvalue weighted by Gasteiger charge is 2.22. The Hall–Kier alpha value is -3.38. The Bertz CT molecular complexity index is 1120. The van der Waals surface area contributed by atoms with Crippen LogP contribution in [0.3, 0.4) is 0 Å². The molecule has 3 heterocycles. The van der Waals surface area contributed by atoms with Crippen LogP contribution in [-0.2, 0) is 13.0 Å². The molecule has 0 unspecified atom stereocenters. The van der Waals surface area contributed by atoms with Crippen LogP contribution in [0, 0.1) is 0 Å². The first-order valence-electron chi connectivity index (χ1n) is 10.3. The molecular formula is C24H24N4O2. The first-order valence-corrected chi connectivity index (χ1v) is 10.3. The van der Waals surface area contributed by atoms with E-state index in [1.807, 2.05) is 48.7 Å². The van der Waals surface area contributed by atoms with Crippen molar-refractivity contribution in [1.29, 1.82) is 0 Å². The summed E-state index contributed by atoms with van der Waals surface area (Å²) in [4.78, 5) is 9.08. The fourth-order valence-electron chi connectivity index (χ4n) is 4.07. The molecule has 1 aliphatic rings. The number of nitrogens with zero attached hydrogens (tertiary/aromatic N) is 4. The molecule has 0 spiro atoms. The molecule has 0 saturated carbocycles. The maximum absolute atomic E-state index is 10.5. The summed E-state index contributed by atoms with van der Waals surface area (Å²) in [6, 6.07) is 19.9. The van der Waals surface area contributed by atoms with E-state index in [1.165, 1.54) is 5.56 Å². The topological polar surface area (TPSA) is 65.6 Å². The predicted molar refractivity (Wildman–Crippen MR) is 117 cm³/mol. The smallest absolute Gasteiger partial charge is 0.175 e. The molecule has 0 amide bonds. The maximum Gasteiger partial charge on any atom is 0.175 e. The fraction of sp³-hybridized carbons (Fsp3) is 0.250. The second-order valence-electron chi connectivity index (χ2n) is 7.68. The number of fused-ring (bicyclic) bond motifs is 1. The van der Waals surface area contributed by atoms with Crippen LogP contribution in [-0.4, -0.2) is 46.3 Å². The van der Waals surface area contributed by atoms with Crippen LogP contribution < -0.4 is 4.90 Å². The number of pyridine rings is 1. The summed E-state index contributed by atoms with van der Waals surface area (Å²) in [5, 5.41) is 15.8. The van der Waals surface area contributed by atoms with Gasteiger partial charge < -0.3 is 14.5 Å². The van der Waals surface area contributed by atoms with Crippen molar-refractivity contribution in [3.05, 3.63) is 83.7 Å². The predicted octanol–water partition coefficient (Wildman–Crippen LogP) is 3.84. The van der Waals surface area contributed by atoms with Crippen molar-refractivity contribution < 1.29 is 9.63 Å². The number of aromatic nitrogens is 2. The van der Waals surface area contributed by atoms with E-state index in [4.69, 9.17) is 4.52 Å². The highest BCUT2D eigenvalue weighted by Crippen LogP contribution is 2.31. The first kappa shape index (κ1) is 18.6. The third-order valence-electron chi connectivity index (χ3n) is 5.74. The number of anilines is 1. The fourth-order valence-corrected chi connectivity index (χ4v) is 4.07. The number of rotatable bonds is 5. The molecule has 1 saturated heterocycles. The molecule has 0 bridgehead atoms. The third kappa shape index (κ3) is 3.74. The lowest BCUT2D eigenvalue weighted by Gasteiger charge is -2.35. The molecule has 6 nitrogen and oxygen atoms in total. The Morgan fingerprint density at radius 3 is 2.47 bits per heavy atom. The third-order valence-corrected chi connectivity index (χ3v) is 5.74. The van der Waals surface area contributed by atoms with Crippen molar-refractivity contribution in [1.82, 2.24) is 15.0 Å². The highest BCUT2D eigenvalue weighted by atomic mass is 16.5. The van der Waals surface area contributed by atoms with E-state index >= 15 is 0 Å². The van der Waals surface area contributed by atoms with Crippen LogP contribution in [0.2, 0.25) is 0 Å². The van der Waals surface area contributed by atoms with Crippen molar-refractivity contribution in [2.75, 3.05) is 31.1 Å². The quantitative estimate of drug-likeness (QED) is 0.549. The lowest BCUT2D eigenvalue weighted by Crippen LogP contribution is -2.46. The summed E-state index contributed by atoms with van der Waals surface area (Å²) in [6.07, 6.45) is 2.54. The Labute approximate surface area is 175 Å². The van der Waals surface area contributed by atoms with E-state index in [9.17, 15) is 5.11 Å². The van der Waals surface area contributed by atoms with Crippen LogP contribution in [0.4, 0.5) is 5.82 Å². The molecule has 30 heavy (non-hydrogen) atoms. The van der Waals surface area contributed by atoms with Gasteiger partial charge in [-0.05, 0) is 29.8 Å². The van der Waals surface area contributed by atoms with Crippen LogP contribution in [0.15, 0.2) is 71.4 Å². The molecule has 0 radical (unpaired) electrons. The van der Waals surface area contributed by atoms with Gasteiger partial charge in [0, 0.05) is 50.7 Å². The second-order valence-corrected chi connectivity index (χ2v) is 7.68. The summed E-state index contributed by atoms with van der Waals surface area (Å²) in [5.74, 6) is 1.28. The number of hydrogen-bond donors (Lipinski definition) is 1. The van der Waals surface area contributed by atoms with Gasteiger partial charge in [-0.3, -0.25) is 4.90 Å². The van der Waals surface area contributed by atoms with Crippen LogP contribution in [0.1, 0.15) is 16.8 Å². The van der Waals surface area contributed by atoms with E-state index in [-0.39, 0.29) is 5.75 Å². The zero-order valence-electron chi connectivity index (χ0n) is 16.7. The van der Waals surface area contributed by atoms with Crippen molar-refractivity contribution >= 4 is 16.8 Å². The molecule has 2 aromatic carbocycles. The van der Waals surface area contributed by atoms with Crippen molar-refractivity contribution in [2.24, 2.45) is 0 Å². The van der Waals surface area contributed by atoms with Crippen LogP contribution >= 0.6 is 0 Å². The van der Waals surface area contributed by atoms with Crippen molar-refractivity contribution in [3.63, 3.8) is 0 Å². The standard InChI is InChI=1S/C24H24N4O2/c29-22-10-9-19-21(16-18-6-2-1-3-7-18)26-30-24(19)20(22)17-27-12-14-28(15-13-27)23-8-4-5-11-25-23/h1-11,29H,12-17H2. The maximum atomic E-state index is 10.5. The molecule has 0 atom stereocenters. The van der Waals surface area contributed by atoms with Gasteiger partial charge in [-0.1, -0.05) is 41.6 Å². The normalized spacial score (nSPS) is 15.0. The summed E-state index contributed by atoms with van der Waals surface area (Å²) >= 11 is 0. The molecular weight excluding hydrogens is 376 g/mol. The summed E-state index contributed by atoms with van der Waals surface area (Å²) in [6.45, 7) is 4.25. The van der Waals surface area contributed by atoms with Gasteiger partial charge in [0.15, 0.2) is 5.58 Å². The minimum atomic E-state index is 0.261. The molecule has 1 N–H and O–H groups in total. The number of benzene rings is 2. The molecule has 1 fully saturated rings. The average molecular weight is 400 g/mol. The summed E-state index contributed by atoms with van der Waals surface area (Å²) in [7, 11) is 0. The minimum Gasteiger partial charge on any atom is -0.507 e. The number of phenols is 1. The Morgan fingerprint density at radius 2 is 1.70 bits per heavy atom. The molecule has 5 rings (SSSR count). The van der Waals surface area contributed by atoms with E-state index < -0.39 is 0 Å². The highest BCUT2D eigenvalue weighted by molar-refractivity contribution is 5.84. The molecule has 152 valence electrons. The number of piperazine rings is 1.